The van der Waals surface area contributed by atoms with Crippen LogP contribution in [-0.4, -0.2) is 147 Å². The summed E-state index contributed by atoms with van der Waals surface area (Å²) >= 11 is 0. The fourth-order valence-electron chi connectivity index (χ4n) is 17.1. The van der Waals surface area contributed by atoms with E-state index in [0.717, 1.165) is 202 Å². The highest BCUT2D eigenvalue weighted by atomic mass is 32.1. The Kier molecular flexibility index (Phi) is 40.2. The number of aromatic nitrogens is 15. The minimum absolute atomic E-state index is 0. The van der Waals surface area contributed by atoms with E-state index in [1.807, 2.05) is 71.4 Å². The molecule has 15 N–H and O–H groups in total. The van der Waals surface area contributed by atoms with Gasteiger partial charge in [0.25, 0.3) is 0 Å². The standard InChI is InChI=1S/C20H25N5.C18H27N5.C16H19N5.C15H21N5O.C15H21N5.10H2S/c1-13(2)14-4-3-5-15(10-14)18-12-20(23-17-7-6-16(21)11-17)25-19(24-18)8-9-22-25;1-12-2-4-13(5-3-12)16-11-18(21-15-7-6-14(19)10-15)23-17(22-16)8-9-20-23;17-12-4-6-13(9-12)20-16-10-14(5-3-11-1-2-11)19-15-7-8-18-21(15)16;16-11-1-2-12(7-11)18-15-8-13(10-4-6-21-9-10)19-14-3-5-17-20(14)15;1-15(5-6-15)12-9-14(18-11-3-2-10(16)8-11)20-13(19-12)4-7-17-20;;;;;;;;;;/h3-5,8-10,12-13,16-17,23H,6-7,11,21H2,1-2H3;8-9,11-15,21H,2-7,10,19H2,1H3;7-8,10-13,20H,1-2,4,6,9,17H2;3,5,8,10-12,18H,1-2,4,6-7,9,16H2;4,7,9-11,18H,2-3,5-6,8,16H2,1H3;10*1H2/t16-,17-;12?,13?,14-,15-;12-,13-;10?,11-,12-;10-,11-;;;;;;;;;;/m00000........../s1. The molecule has 0 radical (unpaired) electrons. The van der Waals surface area contributed by atoms with Gasteiger partial charge < -0.3 is 60.0 Å². The van der Waals surface area contributed by atoms with Gasteiger partial charge in [0.15, 0.2) is 28.2 Å². The maximum atomic E-state index is 6.06. The van der Waals surface area contributed by atoms with Gasteiger partial charge in [-0.15, -0.1) is 0 Å². The Morgan fingerprint density at radius 1 is 0.408 bits per heavy atom. The van der Waals surface area contributed by atoms with Gasteiger partial charge in [-0.2, -0.15) is 183 Å². The summed E-state index contributed by atoms with van der Waals surface area (Å²) < 4.78 is 14.9. The predicted molar refractivity (Wildman–Crippen MR) is 539 cm³/mol. The van der Waals surface area contributed by atoms with Crippen molar-refractivity contribution in [2.45, 2.75) is 265 Å². The Labute approximate surface area is 776 Å². The van der Waals surface area contributed by atoms with Crippen molar-refractivity contribution < 1.29 is 4.74 Å². The van der Waals surface area contributed by atoms with Crippen LogP contribution >= 0.6 is 135 Å². The number of nitrogens with two attached hydrogens (primary N) is 5. The summed E-state index contributed by atoms with van der Waals surface area (Å²) in [4.78, 5) is 23.7. The van der Waals surface area contributed by atoms with E-state index in [2.05, 4.69) is 145 Å². The molecule has 11 atom stereocenters. The molecule has 0 amide bonds. The highest BCUT2D eigenvalue weighted by Gasteiger charge is 2.41. The minimum atomic E-state index is 0. The van der Waals surface area contributed by atoms with E-state index in [0.29, 0.717) is 84.1 Å². The van der Waals surface area contributed by atoms with Crippen LogP contribution in [0.4, 0.5) is 29.1 Å². The summed E-state index contributed by atoms with van der Waals surface area (Å²) in [5, 5.41) is 40.0. The van der Waals surface area contributed by atoms with Crippen LogP contribution in [0.1, 0.15) is 228 Å². The van der Waals surface area contributed by atoms with Crippen LogP contribution in [0.15, 0.2) is 116 Å². The van der Waals surface area contributed by atoms with Crippen molar-refractivity contribution in [1.29, 1.82) is 0 Å². The molecule has 9 fully saturated rings. The van der Waals surface area contributed by atoms with Crippen molar-refractivity contribution in [3.05, 3.63) is 144 Å². The lowest BCUT2D eigenvalue weighted by Gasteiger charge is -2.26. The number of ether oxygens (including phenoxy) is 1. The van der Waals surface area contributed by atoms with Gasteiger partial charge in [0.05, 0.1) is 54.7 Å². The smallest absolute Gasteiger partial charge is 0.158 e. The second-order valence-corrected chi connectivity index (χ2v) is 33.7. The second kappa shape index (κ2) is 46.9. The van der Waals surface area contributed by atoms with Crippen molar-refractivity contribution in [2.75, 3.05) is 39.8 Å². The lowest BCUT2D eigenvalue weighted by Crippen LogP contribution is -2.22. The van der Waals surface area contributed by atoms with Crippen LogP contribution in [0, 0.1) is 23.7 Å². The minimum Gasteiger partial charge on any atom is -0.381 e. The largest absolute Gasteiger partial charge is 0.381 e. The van der Waals surface area contributed by atoms with Gasteiger partial charge in [-0.25, -0.2) is 24.9 Å². The Hall–Kier alpha value is -5.86. The van der Waals surface area contributed by atoms with E-state index in [-0.39, 0.29) is 140 Å². The Balaban J connectivity index is 0.000000228. The molecule has 0 spiro atoms. The number of fused-ring (bicyclic) bond motifs is 5. The number of hydrogen-bond donors (Lipinski definition) is 10. The average molecular weight is 1830 g/mol. The Bertz CT molecular complexity index is 5030. The number of rotatable bonds is 15. The van der Waals surface area contributed by atoms with Gasteiger partial charge in [-0.05, 0) is 171 Å². The third-order valence-corrected chi connectivity index (χ3v) is 24.2. The van der Waals surface area contributed by atoms with Crippen LogP contribution in [0.5, 0.6) is 0 Å². The molecule has 9 aliphatic rings. The molecular formula is C84H133N25OS10. The highest BCUT2D eigenvalue weighted by molar-refractivity contribution is 7.60. The molecular weight excluding hydrogens is 1700 g/mol. The summed E-state index contributed by atoms with van der Waals surface area (Å²) in [6, 6.07) is 32.8. The predicted octanol–water partition coefficient (Wildman–Crippen LogP) is 13.6. The Morgan fingerprint density at radius 3 is 1.18 bits per heavy atom. The van der Waals surface area contributed by atoms with Crippen molar-refractivity contribution >= 4 is 192 Å². The van der Waals surface area contributed by atoms with E-state index in [1.165, 1.54) is 68.3 Å². The number of nitrogens with one attached hydrogen (secondary N) is 5. The van der Waals surface area contributed by atoms with E-state index >= 15 is 0 Å². The lowest BCUT2D eigenvalue weighted by molar-refractivity contribution is 0.193. The molecule has 1 aromatic carbocycles. The first kappa shape index (κ1) is 103. The van der Waals surface area contributed by atoms with Crippen molar-refractivity contribution in [2.24, 2.45) is 40.5 Å². The fourth-order valence-corrected chi connectivity index (χ4v) is 17.1. The van der Waals surface area contributed by atoms with Crippen molar-refractivity contribution in [1.82, 2.24) is 73.0 Å². The molecule has 11 heterocycles. The molecule has 660 valence electrons. The molecule has 0 bridgehead atoms. The van der Waals surface area contributed by atoms with Crippen LogP contribution in [-0.2, 0) is 10.2 Å². The summed E-state index contributed by atoms with van der Waals surface area (Å²) in [5.41, 5.74) is 42.6. The lowest BCUT2D eigenvalue weighted by atomic mass is 9.81. The molecule has 10 aromatic heterocycles. The molecule has 8 saturated carbocycles. The van der Waals surface area contributed by atoms with Gasteiger partial charge >= 0.3 is 0 Å². The SMILES string of the molecule is CC(C)c1cccc(-c2cc(N[C@H]3CC[C@H](N)C3)n3nccc3n2)c1.CC1(c2cc(N[C@H]3CC[C@H](N)C3)n3nccc3n2)CC1.CC1CCC(c2cc(N[C@H]3CC[C@H](N)C3)n3nccc3n2)CC1.N[C@H]1CC[C@H](Nc2cc(C#CC3CC3)nc3ccnn23)C1.N[C@H]1CC[C@H](Nc2cc(C3CCOC3)nc3ccnn23)C1.S.S.S.S.S.S.S.S.S.S. The zero-order valence-electron chi connectivity index (χ0n) is 69.5. The maximum absolute atomic E-state index is 6.06. The van der Waals surface area contributed by atoms with Crippen LogP contribution in [0.2, 0.25) is 0 Å². The highest BCUT2D eigenvalue weighted by Crippen LogP contribution is 2.47. The summed E-state index contributed by atoms with van der Waals surface area (Å²) in [7, 11) is 0. The number of nitrogens with zero attached hydrogens (tertiary/aromatic N) is 15. The maximum Gasteiger partial charge on any atom is 0.158 e. The quantitative estimate of drug-likeness (QED) is 0.0426. The monoisotopic (exact) mass is 1830 g/mol. The first-order chi connectivity index (χ1) is 53.5. The van der Waals surface area contributed by atoms with E-state index in [4.69, 9.17) is 53.3 Å². The van der Waals surface area contributed by atoms with Crippen LogP contribution in [0.25, 0.3) is 39.5 Å². The normalized spacial score (nSPS) is 24.4. The molecule has 1 unspecified atom stereocenters. The zero-order chi connectivity index (χ0) is 75.4. The third kappa shape index (κ3) is 25.9. The van der Waals surface area contributed by atoms with E-state index in [9.17, 15) is 0 Å². The summed E-state index contributed by atoms with van der Waals surface area (Å²) in [6.45, 7) is 10.7. The molecule has 36 heteroatoms. The van der Waals surface area contributed by atoms with Crippen molar-refractivity contribution in [3.8, 4) is 23.1 Å². The molecule has 11 aromatic rings. The number of benzene rings is 1. The molecule has 8 aliphatic carbocycles. The van der Waals surface area contributed by atoms with Gasteiger partial charge in [0.2, 0.25) is 0 Å². The molecule has 120 heavy (non-hydrogen) atoms. The summed E-state index contributed by atoms with van der Waals surface area (Å²) in [6.07, 6.45) is 36.3. The zero-order valence-corrected chi connectivity index (χ0v) is 79.5. The second-order valence-electron chi connectivity index (χ2n) is 33.7. The van der Waals surface area contributed by atoms with Gasteiger partial charge in [-0.3, -0.25) is 0 Å². The van der Waals surface area contributed by atoms with Gasteiger partial charge in [-0.1, -0.05) is 64.7 Å². The van der Waals surface area contributed by atoms with Crippen LogP contribution in [0.3, 0.4) is 0 Å². The fraction of sp³-hybridized carbons (Fsp3) is 0.548. The van der Waals surface area contributed by atoms with Gasteiger partial charge in [0.1, 0.15) is 34.8 Å². The molecule has 20 rings (SSSR count). The first-order valence-electron chi connectivity index (χ1n) is 41.0. The molecule has 1 aliphatic heterocycles. The van der Waals surface area contributed by atoms with E-state index < -0.39 is 0 Å². The topological polar surface area (TPSA) is 350 Å². The Morgan fingerprint density at radius 2 is 0.792 bits per heavy atom. The molecule has 26 nitrogen and oxygen atoms in total. The summed E-state index contributed by atoms with van der Waals surface area (Å²) in [5.74, 6) is 14.5. The average Bonchev–Trinajstić information content (AvgIpc) is 1.61. The first-order valence-corrected chi connectivity index (χ1v) is 41.0. The van der Waals surface area contributed by atoms with E-state index in [1.54, 1.807) is 18.6 Å². The molecule has 1 saturated heterocycles. The number of anilines is 5. The number of hydrogen-bond acceptors (Lipinski definition) is 21. The van der Waals surface area contributed by atoms with Crippen LogP contribution < -0.4 is 55.3 Å². The van der Waals surface area contributed by atoms with Crippen molar-refractivity contribution in [3.63, 3.8) is 0 Å². The van der Waals surface area contributed by atoms with Gasteiger partial charge in [0, 0.05) is 162 Å². The third-order valence-electron chi connectivity index (χ3n) is 24.2.